The lowest BCUT2D eigenvalue weighted by atomic mass is 9.72. The van der Waals surface area contributed by atoms with E-state index >= 15 is 0 Å². The van der Waals surface area contributed by atoms with Crippen molar-refractivity contribution in [3.63, 3.8) is 0 Å². The number of rotatable bonds is 13. The first kappa shape index (κ1) is 46.0. The second-order valence-corrected chi connectivity index (χ2v) is 21.1. The number of morpholine rings is 1. The molecule has 1 aliphatic carbocycles. The number of piperazine rings is 1. The van der Waals surface area contributed by atoms with Crippen LogP contribution < -0.4 is 24.0 Å². The van der Waals surface area contributed by atoms with Crippen LogP contribution in [-0.4, -0.2) is 137 Å². The molecule has 0 spiro atoms. The van der Waals surface area contributed by atoms with Gasteiger partial charge in [0, 0.05) is 74.2 Å². The second-order valence-electron chi connectivity index (χ2n) is 18.9. The van der Waals surface area contributed by atoms with Gasteiger partial charge in [-0.05, 0) is 90.4 Å². The van der Waals surface area contributed by atoms with Crippen LogP contribution >= 0.6 is 11.6 Å². The average molecular weight is 968 g/mol. The van der Waals surface area contributed by atoms with Gasteiger partial charge in [0.25, 0.3) is 15.9 Å². The van der Waals surface area contributed by atoms with Gasteiger partial charge in [0.05, 0.1) is 53.5 Å². The van der Waals surface area contributed by atoms with E-state index < -0.39 is 31.4 Å². The number of anilines is 3. The zero-order valence-corrected chi connectivity index (χ0v) is 39.7. The summed E-state index contributed by atoms with van der Waals surface area (Å²) < 4.78 is 53.2. The van der Waals surface area contributed by atoms with Crippen molar-refractivity contribution < 1.29 is 37.1 Å². The summed E-state index contributed by atoms with van der Waals surface area (Å²) in [5.74, 6) is -0.641. The highest BCUT2D eigenvalue weighted by Crippen LogP contribution is 2.44. The number of allylic oxidation sites excluding steroid dienone is 1. The Morgan fingerprint density at radius 3 is 2.56 bits per heavy atom. The Kier molecular flexibility index (Phi) is 12.8. The van der Waals surface area contributed by atoms with Gasteiger partial charge in [-0.15, -0.1) is 0 Å². The lowest BCUT2D eigenvalue weighted by Gasteiger charge is -2.41. The molecule has 4 aliphatic heterocycles. The molecule has 5 aliphatic rings. The number of carbonyl (C=O) groups excluding carboxylic acids is 1. The number of aromatic nitrogens is 2. The summed E-state index contributed by atoms with van der Waals surface area (Å²) in [6.07, 6.45) is 4.63. The van der Waals surface area contributed by atoms with Crippen LogP contribution in [0, 0.1) is 15.5 Å². The molecule has 3 aromatic carbocycles. The third-order valence-corrected chi connectivity index (χ3v) is 15.3. The highest BCUT2D eigenvalue weighted by Gasteiger charge is 2.34. The zero-order valence-electron chi connectivity index (χ0n) is 38.1. The molecule has 2 aromatic heterocycles. The number of fused-ring (bicyclic) bond motifs is 2. The van der Waals surface area contributed by atoms with Gasteiger partial charge in [-0.3, -0.25) is 24.7 Å². The number of halogens is 1. The number of carbonyl (C=O) groups is 1. The predicted molar refractivity (Wildman–Crippen MR) is 259 cm³/mol. The Balaban J connectivity index is 0.889. The number of sulfonamides is 1. The van der Waals surface area contributed by atoms with Gasteiger partial charge in [-0.25, -0.2) is 13.1 Å². The zero-order chi connectivity index (χ0) is 47.2. The van der Waals surface area contributed by atoms with Gasteiger partial charge in [0.1, 0.15) is 30.7 Å². The van der Waals surface area contributed by atoms with Gasteiger partial charge < -0.3 is 33.7 Å². The van der Waals surface area contributed by atoms with E-state index in [1.165, 1.54) is 28.8 Å². The highest BCUT2D eigenvalue weighted by atomic mass is 35.5. The first-order valence-electron chi connectivity index (χ1n) is 23.2. The number of H-pyrrole nitrogens is 1. The number of benzene rings is 3. The molecule has 19 heteroatoms. The minimum Gasteiger partial charge on any atom is -0.484 e. The average Bonchev–Trinajstić information content (AvgIpc) is 3.77. The molecule has 1 amide bonds. The van der Waals surface area contributed by atoms with Gasteiger partial charge in [-0.2, -0.15) is 4.98 Å². The van der Waals surface area contributed by atoms with Crippen molar-refractivity contribution in [1.29, 1.82) is 0 Å². The van der Waals surface area contributed by atoms with Crippen LogP contribution in [0.3, 0.4) is 0 Å². The van der Waals surface area contributed by atoms with Crippen LogP contribution in [0.1, 0.15) is 49.0 Å². The van der Waals surface area contributed by atoms with E-state index in [1.807, 2.05) is 41.3 Å². The maximum atomic E-state index is 14.4. The first-order chi connectivity index (χ1) is 32.8. The van der Waals surface area contributed by atoms with Crippen LogP contribution in [0.25, 0.3) is 16.6 Å². The SMILES string of the molecule is CC1(C)CCC(CN2CCN(c3ccc(C(=O)NS(=O)(=O)c4ccc(OC[C@H]5CN(C6COC6)CCO5)c([N+](=O)[O-])c4)c(N4CCOc5nc6[nH]ccc6cc54)c3)CC2)=C(c2ccc(Cl)cc2)C1. The Labute approximate surface area is 400 Å². The number of nitrogens with zero attached hydrogens (tertiary/aromatic N) is 6. The fourth-order valence-electron chi connectivity index (χ4n) is 9.84. The van der Waals surface area contributed by atoms with E-state index in [0.717, 1.165) is 80.7 Å². The molecule has 0 saturated carbocycles. The van der Waals surface area contributed by atoms with Crippen LogP contribution in [0.2, 0.25) is 5.02 Å². The molecular formula is C49H55ClN8O9S. The number of pyridine rings is 1. The second kappa shape index (κ2) is 19.0. The fraction of sp³-hybridized carbons (Fsp3) is 0.429. The van der Waals surface area contributed by atoms with Crippen LogP contribution in [0.5, 0.6) is 11.6 Å². The van der Waals surface area contributed by atoms with Gasteiger partial charge >= 0.3 is 5.69 Å². The highest BCUT2D eigenvalue weighted by molar-refractivity contribution is 7.90. The van der Waals surface area contributed by atoms with E-state index in [-0.39, 0.29) is 36.0 Å². The Bertz CT molecular complexity index is 2860. The van der Waals surface area contributed by atoms with Gasteiger partial charge in [0.15, 0.2) is 5.75 Å². The summed E-state index contributed by atoms with van der Waals surface area (Å²) in [4.78, 5) is 42.3. The quantitative estimate of drug-likeness (QED) is 0.0905. The van der Waals surface area contributed by atoms with E-state index in [2.05, 4.69) is 50.4 Å². The molecule has 0 bridgehead atoms. The van der Waals surface area contributed by atoms with Crippen molar-refractivity contribution in [3.05, 3.63) is 111 Å². The summed E-state index contributed by atoms with van der Waals surface area (Å²) in [6.45, 7) is 12.4. The molecule has 1 atom stereocenters. The molecule has 3 saturated heterocycles. The molecule has 10 rings (SSSR count). The first-order valence-corrected chi connectivity index (χ1v) is 25.0. The minimum atomic E-state index is -4.63. The van der Waals surface area contributed by atoms with E-state index in [9.17, 15) is 23.3 Å². The topological polar surface area (TPSA) is 185 Å². The number of hydrogen-bond donors (Lipinski definition) is 2. The normalized spacial score (nSPS) is 20.4. The standard InChI is InChI=1S/C49H55ClN8O9S/c1-49(2)13-11-34(41(26-49)32-3-5-35(50)6-4-32)27-54-15-17-55(18-16-54)36-7-9-40(42(24-36)57-20-22-66-48-44(57)23-33-12-14-51-46(33)52-48)47(59)53-68(62,63)39-8-10-45(43(25-39)58(60)61)67-31-38-28-56(19-21-65-38)37-29-64-30-37/h3-10,12,14,23-25,37-38H,11,13,15-22,26-31H2,1-2H3,(H,51,52)(H,53,59)/t38-/m1/s1. The monoisotopic (exact) mass is 966 g/mol. The molecule has 0 radical (unpaired) electrons. The van der Waals surface area contributed by atoms with E-state index in [1.54, 1.807) is 12.3 Å². The maximum absolute atomic E-state index is 14.4. The van der Waals surface area contributed by atoms with Crippen molar-refractivity contribution in [1.82, 2.24) is 24.5 Å². The number of amides is 1. The molecule has 0 unspecified atom stereocenters. The molecule has 3 fully saturated rings. The van der Waals surface area contributed by atoms with Crippen LogP contribution in [0.15, 0.2) is 89.5 Å². The molecular weight excluding hydrogens is 912 g/mol. The van der Waals surface area contributed by atoms with Crippen molar-refractivity contribution in [2.45, 2.75) is 50.2 Å². The number of nitro benzene ring substituents is 1. The van der Waals surface area contributed by atoms with E-state index in [0.29, 0.717) is 61.9 Å². The molecule has 358 valence electrons. The molecule has 17 nitrogen and oxygen atoms in total. The van der Waals surface area contributed by atoms with Gasteiger partial charge in [0.2, 0.25) is 5.88 Å². The Hall–Kier alpha value is -5.76. The number of ether oxygens (including phenoxy) is 4. The number of nitrogens with one attached hydrogen (secondary N) is 2. The molecule has 2 N–H and O–H groups in total. The largest absolute Gasteiger partial charge is 0.484 e. The lowest BCUT2D eigenvalue weighted by Crippen LogP contribution is -2.56. The lowest BCUT2D eigenvalue weighted by molar-refractivity contribution is -0.386. The van der Waals surface area contributed by atoms with Crippen LogP contribution in [0.4, 0.5) is 22.7 Å². The van der Waals surface area contributed by atoms with E-state index in [4.69, 9.17) is 35.5 Å². The summed E-state index contributed by atoms with van der Waals surface area (Å²) in [5.41, 5.74) is 6.47. The third kappa shape index (κ3) is 9.75. The summed E-state index contributed by atoms with van der Waals surface area (Å²) in [7, 11) is -4.63. The Morgan fingerprint density at radius 2 is 1.79 bits per heavy atom. The third-order valence-electron chi connectivity index (χ3n) is 13.8. The number of hydrogen-bond acceptors (Lipinski definition) is 14. The van der Waals surface area contributed by atoms with Gasteiger partial charge in [-0.1, -0.05) is 43.2 Å². The maximum Gasteiger partial charge on any atom is 0.312 e. The summed E-state index contributed by atoms with van der Waals surface area (Å²) >= 11 is 6.27. The predicted octanol–water partition coefficient (Wildman–Crippen LogP) is 7.04. The van der Waals surface area contributed by atoms with Crippen molar-refractivity contribution in [2.24, 2.45) is 5.41 Å². The smallest absolute Gasteiger partial charge is 0.312 e. The number of nitro groups is 1. The molecule has 5 aromatic rings. The minimum absolute atomic E-state index is 0.0286. The number of aromatic amines is 1. The van der Waals surface area contributed by atoms with Crippen LogP contribution in [-0.2, 0) is 19.5 Å². The molecule has 6 heterocycles. The molecule has 68 heavy (non-hydrogen) atoms. The summed E-state index contributed by atoms with van der Waals surface area (Å²) in [5, 5.41) is 13.9. The van der Waals surface area contributed by atoms with Crippen molar-refractivity contribution >= 4 is 66.9 Å². The van der Waals surface area contributed by atoms with Crippen molar-refractivity contribution in [3.8, 4) is 11.6 Å². The fourth-order valence-corrected chi connectivity index (χ4v) is 11.0. The Morgan fingerprint density at radius 1 is 0.985 bits per heavy atom. The van der Waals surface area contributed by atoms with Crippen molar-refractivity contribution in [2.75, 3.05) is 95.2 Å². The summed E-state index contributed by atoms with van der Waals surface area (Å²) in [6, 6.07) is 21.1.